The Morgan fingerprint density at radius 2 is 1.12 bits per heavy atom. The minimum absolute atomic E-state index is 0.0378. The zero-order chi connectivity index (χ0) is 40.7. The molecule has 0 amide bonds. The number of esters is 4. The summed E-state index contributed by atoms with van der Waals surface area (Å²) >= 11 is 0. The number of para-hydroxylation sites is 2. The van der Waals surface area contributed by atoms with E-state index in [1.807, 2.05) is 72.8 Å². The number of rotatable bonds is 13. The predicted octanol–water partition coefficient (Wildman–Crippen LogP) is 7.21. The van der Waals surface area contributed by atoms with E-state index in [4.69, 9.17) is 18.9 Å². The average Bonchev–Trinajstić information content (AvgIpc) is 3.97. The van der Waals surface area contributed by atoms with Gasteiger partial charge in [-0.3, -0.25) is 19.2 Å². The molecule has 0 bridgehead atoms. The lowest BCUT2D eigenvalue weighted by molar-refractivity contribution is -0.177. The number of ether oxygens (including phenoxy) is 4. The number of carbonyl (C=O) groups excluding carboxylic acids is 4. The van der Waals surface area contributed by atoms with Crippen LogP contribution in [0.5, 0.6) is 0 Å². The van der Waals surface area contributed by atoms with Gasteiger partial charge in [-0.05, 0) is 84.7 Å². The Balaban J connectivity index is 1.38. The number of hydrogen-bond acceptors (Lipinski definition) is 9. The summed E-state index contributed by atoms with van der Waals surface area (Å²) in [6.07, 6.45) is 5.21. The third kappa shape index (κ3) is 5.66. The molecule has 58 heavy (non-hydrogen) atoms. The Kier molecular flexibility index (Phi) is 10.4. The van der Waals surface area contributed by atoms with Crippen molar-refractivity contribution in [3.8, 4) is 0 Å². The van der Waals surface area contributed by atoms with Gasteiger partial charge in [-0.15, -0.1) is 0 Å². The van der Waals surface area contributed by atoms with Crippen LogP contribution in [0.3, 0.4) is 0 Å². The third-order valence-corrected chi connectivity index (χ3v) is 13.5. The van der Waals surface area contributed by atoms with Gasteiger partial charge in [0.15, 0.2) is 10.8 Å². The van der Waals surface area contributed by atoms with Crippen LogP contribution in [0.15, 0.2) is 115 Å². The molecular formula is C48H50N2O8. The molecule has 10 nitrogen and oxygen atoms in total. The first-order valence-corrected chi connectivity index (χ1v) is 20.1. The lowest BCUT2D eigenvalue weighted by atomic mass is 9.62. The standard InChI is InChI=1S/C48H50N2O8/c1-55-42(51)46(43(52)56-2)29-37(35-31-49(38-25-13-11-23-34(35)38)27-15-21-32-17-7-5-8-18-32)48-36-24-12-14-26-39(36)50(28-16-22-33-19-9-6-10-20-33)41(48)47(30-40(46)48,44(53)57-3)45(54)58-4/h5-14,17-20,23-26,31,37,40-41H,15-16,21-22,27-30H2,1-4H3/t37-,40-,41+,48+/m0/s1. The van der Waals surface area contributed by atoms with Crippen molar-refractivity contribution in [2.45, 2.75) is 62.4 Å². The number of aryl methyl sites for hydroxylation is 3. The maximum Gasteiger partial charge on any atom is 0.325 e. The second-order valence-electron chi connectivity index (χ2n) is 15.9. The molecule has 0 N–H and O–H groups in total. The van der Waals surface area contributed by atoms with Gasteiger partial charge in [0.2, 0.25) is 0 Å². The van der Waals surface area contributed by atoms with Crippen molar-refractivity contribution in [1.82, 2.24) is 4.57 Å². The minimum atomic E-state index is -1.93. The fourth-order valence-corrected chi connectivity index (χ4v) is 11.4. The molecule has 2 saturated carbocycles. The molecule has 300 valence electrons. The average molecular weight is 783 g/mol. The summed E-state index contributed by atoms with van der Waals surface area (Å²) in [7, 11) is 5.07. The number of methoxy groups -OCH3 is 4. The van der Waals surface area contributed by atoms with Gasteiger partial charge < -0.3 is 28.4 Å². The SMILES string of the molecule is COC(=O)C1(C(=O)OC)C[C@H]2C(C(=O)OC)(C(=O)OC)C[C@@H](c3cn(CCCc4ccccc4)c4ccccc34)[C@]23c2ccccc2N(CCCc2ccccc2)[C@H]13. The zero-order valence-corrected chi connectivity index (χ0v) is 33.5. The first-order valence-electron chi connectivity index (χ1n) is 20.1. The summed E-state index contributed by atoms with van der Waals surface area (Å²) in [5, 5.41) is 0.971. The molecule has 0 unspecified atom stereocenters. The maximum absolute atomic E-state index is 14.7. The van der Waals surface area contributed by atoms with E-state index in [0.29, 0.717) is 13.0 Å². The Hall–Kier alpha value is -5.90. The van der Waals surface area contributed by atoms with Crippen molar-refractivity contribution in [2.24, 2.45) is 16.7 Å². The van der Waals surface area contributed by atoms with Gasteiger partial charge in [0, 0.05) is 41.3 Å². The van der Waals surface area contributed by atoms with E-state index in [0.717, 1.165) is 59.1 Å². The molecule has 3 aliphatic rings. The fourth-order valence-electron chi connectivity index (χ4n) is 11.4. The number of aromatic nitrogens is 1. The van der Waals surface area contributed by atoms with E-state index >= 15 is 0 Å². The van der Waals surface area contributed by atoms with Crippen LogP contribution in [0, 0.1) is 16.7 Å². The molecule has 1 spiro atoms. The lowest BCUT2D eigenvalue weighted by Gasteiger charge is -2.43. The molecule has 10 heteroatoms. The van der Waals surface area contributed by atoms with E-state index in [2.05, 4.69) is 52.1 Å². The van der Waals surface area contributed by atoms with Crippen molar-refractivity contribution in [3.63, 3.8) is 0 Å². The fraction of sp³-hybridized carbons (Fsp3) is 0.375. The minimum Gasteiger partial charge on any atom is -0.468 e. The maximum atomic E-state index is 14.7. The topological polar surface area (TPSA) is 113 Å². The van der Waals surface area contributed by atoms with Gasteiger partial charge in [0.1, 0.15) is 0 Å². The number of fused-ring (bicyclic) bond motifs is 2. The molecule has 2 fully saturated rings. The van der Waals surface area contributed by atoms with Crippen LogP contribution in [-0.2, 0) is 62.9 Å². The molecule has 0 saturated heterocycles. The van der Waals surface area contributed by atoms with Crippen molar-refractivity contribution >= 4 is 40.5 Å². The Morgan fingerprint density at radius 1 is 0.603 bits per heavy atom. The summed E-state index contributed by atoms with van der Waals surface area (Å²) in [4.78, 5) is 60.8. The van der Waals surface area contributed by atoms with Gasteiger partial charge >= 0.3 is 23.9 Å². The van der Waals surface area contributed by atoms with Crippen molar-refractivity contribution in [3.05, 3.63) is 138 Å². The summed E-state index contributed by atoms with van der Waals surface area (Å²) in [6.45, 7) is 1.19. The summed E-state index contributed by atoms with van der Waals surface area (Å²) < 4.78 is 24.6. The quantitative estimate of drug-likeness (QED) is 0.0695. The highest BCUT2D eigenvalue weighted by Gasteiger charge is 2.85. The molecule has 0 radical (unpaired) electrons. The van der Waals surface area contributed by atoms with Crippen LogP contribution in [0.2, 0.25) is 0 Å². The van der Waals surface area contributed by atoms with E-state index in [1.165, 1.54) is 34.0 Å². The zero-order valence-electron chi connectivity index (χ0n) is 33.5. The summed E-state index contributed by atoms with van der Waals surface area (Å²) in [6, 6.07) is 35.8. The van der Waals surface area contributed by atoms with Gasteiger partial charge in [-0.1, -0.05) is 97.1 Å². The molecule has 2 aliphatic carbocycles. The monoisotopic (exact) mass is 782 g/mol. The van der Waals surface area contributed by atoms with Crippen LogP contribution in [0.4, 0.5) is 5.69 Å². The highest BCUT2D eigenvalue weighted by Crippen LogP contribution is 2.77. The van der Waals surface area contributed by atoms with Crippen LogP contribution < -0.4 is 4.90 Å². The van der Waals surface area contributed by atoms with Gasteiger partial charge in [-0.2, -0.15) is 0 Å². The van der Waals surface area contributed by atoms with Gasteiger partial charge in [0.05, 0.1) is 34.5 Å². The van der Waals surface area contributed by atoms with Crippen molar-refractivity contribution < 1.29 is 38.1 Å². The Labute approximate surface area is 339 Å². The first kappa shape index (κ1) is 38.9. The molecular weight excluding hydrogens is 733 g/mol. The first-order chi connectivity index (χ1) is 28.2. The molecule has 1 aromatic heterocycles. The van der Waals surface area contributed by atoms with Gasteiger partial charge in [-0.25, -0.2) is 0 Å². The normalized spacial score (nSPS) is 22.1. The van der Waals surface area contributed by atoms with E-state index in [9.17, 15) is 19.2 Å². The van der Waals surface area contributed by atoms with Crippen LogP contribution in [0.1, 0.15) is 53.9 Å². The van der Waals surface area contributed by atoms with E-state index in [-0.39, 0.29) is 12.8 Å². The second-order valence-corrected chi connectivity index (χ2v) is 15.9. The molecule has 2 heterocycles. The molecule has 4 atom stereocenters. The lowest BCUT2D eigenvalue weighted by Crippen LogP contribution is -2.59. The van der Waals surface area contributed by atoms with Crippen molar-refractivity contribution in [2.75, 3.05) is 39.9 Å². The Bertz CT molecular complexity index is 2310. The van der Waals surface area contributed by atoms with Crippen LogP contribution in [0.25, 0.3) is 10.9 Å². The number of benzene rings is 4. The highest BCUT2D eigenvalue weighted by atomic mass is 16.6. The second kappa shape index (κ2) is 15.5. The van der Waals surface area contributed by atoms with E-state index in [1.54, 1.807) is 0 Å². The number of nitrogens with zero attached hydrogens (tertiary/aromatic N) is 2. The van der Waals surface area contributed by atoms with E-state index < -0.39 is 58.0 Å². The summed E-state index contributed by atoms with van der Waals surface area (Å²) in [5.41, 5.74) is 1.06. The number of hydrogen-bond donors (Lipinski definition) is 0. The molecule has 1 aliphatic heterocycles. The number of anilines is 1. The molecule has 8 rings (SSSR count). The smallest absolute Gasteiger partial charge is 0.325 e. The molecule has 5 aromatic rings. The molecule has 4 aromatic carbocycles. The van der Waals surface area contributed by atoms with Crippen LogP contribution >= 0.6 is 0 Å². The predicted molar refractivity (Wildman–Crippen MR) is 219 cm³/mol. The van der Waals surface area contributed by atoms with Gasteiger partial charge in [0.25, 0.3) is 0 Å². The Morgan fingerprint density at radius 3 is 1.72 bits per heavy atom. The van der Waals surface area contributed by atoms with Crippen LogP contribution in [-0.4, -0.2) is 69.5 Å². The third-order valence-electron chi connectivity index (χ3n) is 13.5. The largest absolute Gasteiger partial charge is 0.468 e. The highest BCUT2D eigenvalue weighted by molar-refractivity contribution is 6.07. The summed E-state index contributed by atoms with van der Waals surface area (Å²) in [5.74, 6) is -4.58. The number of carbonyl (C=O) groups is 4. The van der Waals surface area contributed by atoms with Crippen molar-refractivity contribution in [1.29, 1.82) is 0 Å².